The summed E-state index contributed by atoms with van der Waals surface area (Å²) in [5.41, 5.74) is 23.4. The second-order valence-corrected chi connectivity index (χ2v) is 12.3. The molecular weight excluding hydrogens is 460 g/mol. The second-order valence-electron chi connectivity index (χ2n) is 8.64. The van der Waals surface area contributed by atoms with E-state index in [2.05, 4.69) is 65.8 Å². The molecule has 0 spiro atoms. The van der Waals surface area contributed by atoms with E-state index in [0.717, 1.165) is 12.8 Å². The van der Waals surface area contributed by atoms with Gasteiger partial charge >= 0.3 is 196 Å². The summed E-state index contributed by atoms with van der Waals surface area (Å²) in [6.07, 6.45) is 1.60. The molecule has 2 unspecified atom stereocenters. The zero-order valence-corrected chi connectivity index (χ0v) is 21.5. The van der Waals surface area contributed by atoms with Crippen molar-refractivity contribution in [3.63, 3.8) is 0 Å². The van der Waals surface area contributed by atoms with Gasteiger partial charge in [-0.05, 0) is 0 Å². The van der Waals surface area contributed by atoms with Crippen LogP contribution in [0.5, 0.6) is 0 Å². The summed E-state index contributed by atoms with van der Waals surface area (Å²) in [5.74, 6) is 0. The molecule has 0 aromatic heterocycles. The van der Waals surface area contributed by atoms with Crippen molar-refractivity contribution in [1.29, 1.82) is 0 Å². The van der Waals surface area contributed by atoms with Gasteiger partial charge in [0.05, 0.1) is 0 Å². The molecule has 4 N–H and O–H groups in total. The normalized spacial score (nSPS) is 14.2. The van der Waals surface area contributed by atoms with Gasteiger partial charge in [-0.15, -0.1) is 0 Å². The van der Waals surface area contributed by atoms with Gasteiger partial charge in [0, 0.05) is 0 Å². The summed E-state index contributed by atoms with van der Waals surface area (Å²) in [7, 11) is 12.7. The Balaban J connectivity index is 2.04. The number of halogens is 2. The van der Waals surface area contributed by atoms with Gasteiger partial charge in [-0.3, -0.25) is 0 Å². The van der Waals surface area contributed by atoms with Crippen LogP contribution in [-0.2, 0) is 24.9 Å². The summed E-state index contributed by atoms with van der Waals surface area (Å²) < 4.78 is 2.04. The third-order valence-corrected chi connectivity index (χ3v) is 7.81. The fourth-order valence-electron chi connectivity index (χ4n) is 4.37. The van der Waals surface area contributed by atoms with Crippen molar-refractivity contribution in [3.8, 4) is 0 Å². The van der Waals surface area contributed by atoms with Crippen LogP contribution < -0.4 is 11.5 Å². The molecule has 0 aliphatic rings. The van der Waals surface area contributed by atoms with Crippen molar-refractivity contribution >= 4 is 20.3 Å². The van der Waals surface area contributed by atoms with Crippen LogP contribution in [0.4, 0.5) is 0 Å². The molecule has 0 bridgehead atoms. The number of aryl methyl sites for hydroxylation is 6. The third-order valence-electron chi connectivity index (χ3n) is 5.62. The fourth-order valence-corrected chi connectivity index (χ4v) is 5.91. The molecule has 2 aromatic carbocycles. The molecule has 0 heterocycles. The van der Waals surface area contributed by atoms with E-state index in [4.69, 9.17) is 31.8 Å². The number of benzene rings is 2. The van der Waals surface area contributed by atoms with E-state index in [-0.39, 0.29) is 12.1 Å². The van der Waals surface area contributed by atoms with Crippen LogP contribution in [0.15, 0.2) is 24.3 Å². The van der Waals surface area contributed by atoms with Crippen molar-refractivity contribution < 1.29 is 12.1 Å². The Morgan fingerprint density at radius 2 is 1.00 bits per heavy atom. The van der Waals surface area contributed by atoms with Crippen LogP contribution in [0, 0.1) is 41.5 Å². The molecule has 0 radical (unpaired) electrons. The van der Waals surface area contributed by atoms with Crippen LogP contribution in [0.3, 0.4) is 0 Å². The van der Waals surface area contributed by atoms with Gasteiger partial charge in [0.25, 0.3) is 0 Å². The number of rotatable bonds is 9. The summed E-state index contributed by atoms with van der Waals surface area (Å²) in [6.45, 7) is 14.1. The van der Waals surface area contributed by atoms with E-state index >= 15 is 0 Å². The van der Waals surface area contributed by atoms with E-state index in [1.807, 2.05) is 3.95 Å². The van der Waals surface area contributed by atoms with Crippen molar-refractivity contribution in [2.75, 3.05) is 13.1 Å². The molecule has 3 nitrogen and oxygen atoms in total. The van der Waals surface area contributed by atoms with Crippen LogP contribution in [0.25, 0.3) is 0 Å². The van der Waals surface area contributed by atoms with E-state index in [1.54, 1.807) is 0 Å². The first-order chi connectivity index (χ1) is 14.0. The van der Waals surface area contributed by atoms with Crippen molar-refractivity contribution in [2.24, 2.45) is 11.5 Å². The quantitative estimate of drug-likeness (QED) is 0.507. The number of nitrogens with two attached hydrogens (primary N) is 2. The molecule has 30 heavy (non-hydrogen) atoms. The average Bonchev–Trinajstić information content (AvgIpc) is 2.60. The Bertz CT molecular complexity index is 756. The van der Waals surface area contributed by atoms with Gasteiger partial charge in [-0.1, -0.05) is 0 Å². The predicted octanol–water partition coefficient (Wildman–Crippen LogP) is 5.12. The Labute approximate surface area is 195 Å². The Kier molecular flexibility index (Phi) is 9.69. The van der Waals surface area contributed by atoms with Gasteiger partial charge in [-0.2, -0.15) is 0 Å². The Morgan fingerprint density at radius 1 is 0.700 bits per heavy atom. The summed E-state index contributed by atoms with van der Waals surface area (Å²) in [5, 5.41) is 0. The topological polar surface area (TPSA) is 55.3 Å². The predicted molar refractivity (Wildman–Crippen MR) is 128 cm³/mol. The van der Waals surface area contributed by atoms with Crippen molar-refractivity contribution in [2.45, 2.75) is 66.5 Å². The first-order valence-corrected chi connectivity index (χ1v) is 13.7. The van der Waals surface area contributed by atoms with Crippen LogP contribution in [-0.4, -0.2) is 29.1 Å². The van der Waals surface area contributed by atoms with E-state index in [9.17, 15) is 0 Å². The van der Waals surface area contributed by atoms with Crippen molar-refractivity contribution in [1.82, 2.24) is 3.95 Å². The first kappa shape index (κ1) is 25.7. The van der Waals surface area contributed by atoms with Crippen LogP contribution >= 0.6 is 20.3 Å². The van der Waals surface area contributed by atoms with Crippen molar-refractivity contribution in [3.05, 3.63) is 68.8 Å². The number of nitrogens with zero attached hydrogens (tertiary/aromatic N) is 1. The summed E-state index contributed by atoms with van der Waals surface area (Å²) in [4.78, 5) is 0. The zero-order valence-electron chi connectivity index (χ0n) is 19.0. The van der Waals surface area contributed by atoms with Gasteiger partial charge < -0.3 is 0 Å². The molecule has 0 aliphatic heterocycles. The van der Waals surface area contributed by atoms with Gasteiger partial charge in [0.15, 0.2) is 0 Å². The summed E-state index contributed by atoms with van der Waals surface area (Å²) in [6, 6.07) is 8.75. The molecule has 2 rings (SSSR count). The van der Waals surface area contributed by atoms with Gasteiger partial charge in [-0.25, -0.2) is 0 Å². The SMILES string of the molecule is Cc1cc(C)c(CC(N)C[N](CC(N)Cc2c(C)cc(C)cc2C)[Co]([Cl])[Cl])c(C)c1. The number of hydrogen-bond acceptors (Lipinski definition) is 3. The maximum absolute atomic E-state index is 6.52. The molecule has 0 aliphatic carbocycles. The molecule has 0 saturated carbocycles. The molecule has 170 valence electrons. The minimum atomic E-state index is -1.28. The third kappa shape index (κ3) is 7.23. The molecule has 2 atom stereocenters. The molecule has 6 heteroatoms. The van der Waals surface area contributed by atoms with E-state index < -0.39 is 12.1 Å². The van der Waals surface area contributed by atoms with Gasteiger partial charge in [0.2, 0.25) is 0 Å². The molecule has 2 aromatic rings. The Morgan fingerprint density at radius 3 is 1.27 bits per heavy atom. The van der Waals surface area contributed by atoms with Gasteiger partial charge in [0.1, 0.15) is 0 Å². The molecule has 0 saturated heterocycles. The Hall–Kier alpha value is -0.594. The van der Waals surface area contributed by atoms with E-state index in [1.165, 1.54) is 44.5 Å². The van der Waals surface area contributed by atoms with Crippen LogP contribution in [0.1, 0.15) is 44.5 Å². The molecular formula is C24H36Cl2CoN3. The summed E-state index contributed by atoms with van der Waals surface area (Å²) >= 11 is -1.28. The average molecular weight is 496 g/mol. The molecule has 0 amide bonds. The second kappa shape index (κ2) is 11.3. The molecule has 0 fully saturated rings. The monoisotopic (exact) mass is 495 g/mol. The number of hydrogen-bond donors (Lipinski definition) is 2. The minimum absolute atomic E-state index is 0.0537. The standard InChI is InChI=1S/C24H36N3.2ClH.Co/c1-15-7-17(3)23(18(4)8-15)11-21(25)13-27-14-22(26)12-24-19(5)9-16(2)10-20(24)6;;;/h7-10,21-22H,11-14,25-26H2,1-6H3;2*1H;/q-1;;;+3/p-2. The zero-order chi connectivity index (χ0) is 22.6. The van der Waals surface area contributed by atoms with E-state index in [0.29, 0.717) is 13.1 Å². The fraction of sp³-hybridized carbons (Fsp3) is 0.500. The maximum atomic E-state index is 6.52. The van der Waals surface area contributed by atoms with Crippen LogP contribution in [0.2, 0.25) is 0 Å². The first-order valence-electron chi connectivity index (χ1n) is 10.3.